The first-order valence-corrected chi connectivity index (χ1v) is 12.3. The van der Waals surface area contributed by atoms with E-state index in [2.05, 4.69) is 5.32 Å². The Balaban J connectivity index is 1.28. The van der Waals surface area contributed by atoms with Crippen LogP contribution in [0.15, 0.2) is 72.8 Å². The average Bonchev–Trinajstić information content (AvgIpc) is 2.82. The van der Waals surface area contributed by atoms with Gasteiger partial charge in [0.2, 0.25) is 15.9 Å². The highest BCUT2D eigenvalue weighted by molar-refractivity contribution is 7.89. The molecule has 0 saturated carbocycles. The summed E-state index contributed by atoms with van der Waals surface area (Å²) in [5.41, 5.74) is 3.80. The van der Waals surface area contributed by atoms with Crippen LogP contribution in [-0.4, -0.2) is 37.5 Å². The zero-order valence-electron chi connectivity index (χ0n) is 17.5. The van der Waals surface area contributed by atoms with E-state index in [-0.39, 0.29) is 18.2 Å². The molecule has 0 aliphatic carbocycles. The first kappa shape index (κ1) is 20.7. The predicted molar refractivity (Wildman–Crippen MR) is 122 cm³/mol. The Morgan fingerprint density at radius 2 is 1.50 bits per heavy atom. The molecule has 1 N–H and O–H groups in total. The summed E-state index contributed by atoms with van der Waals surface area (Å²) in [4.78, 5) is 13.2. The number of carbonyl (C=O) groups is 1. The van der Waals surface area contributed by atoms with E-state index < -0.39 is 15.9 Å². The maximum Gasteiger partial charge on any atom is 0.232 e. The normalized spacial score (nSPS) is 15.8. The van der Waals surface area contributed by atoms with Crippen molar-refractivity contribution in [1.82, 2.24) is 9.62 Å². The minimum atomic E-state index is -3.48. The lowest BCUT2D eigenvalue weighted by Gasteiger charge is -2.29. The number of fused-ring (bicyclic) bond motifs is 3. The topological polar surface area (TPSA) is 75.7 Å². The summed E-state index contributed by atoms with van der Waals surface area (Å²) in [6, 6.07) is 22.8. The number of para-hydroxylation sites is 2. The van der Waals surface area contributed by atoms with Crippen LogP contribution in [0.3, 0.4) is 0 Å². The van der Waals surface area contributed by atoms with Crippen LogP contribution in [0.2, 0.25) is 0 Å². The van der Waals surface area contributed by atoms with Gasteiger partial charge in [-0.1, -0.05) is 60.7 Å². The molecule has 0 aromatic heterocycles. The summed E-state index contributed by atoms with van der Waals surface area (Å²) in [5.74, 6) is 0.387. The van der Waals surface area contributed by atoms with Crippen molar-refractivity contribution in [2.24, 2.45) is 0 Å². The molecule has 5 rings (SSSR count). The minimum absolute atomic E-state index is 0.0566. The maximum atomic E-state index is 13.2. The van der Waals surface area contributed by atoms with Crippen LogP contribution in [-0.2, 0) is 27.8 Å². The van der Waals surface area contributed by atoms with Crippen molar-refractivity contribution in [3.05, 3.63) is 95.1 Å². The van der Waals surface area contributed by atoms with Crippen LogP contribution in [0.4, 0.5) is 0 Å². The fourth-order valence-corrected chi connectivity index (χ4v) is 5.76. The highest BCUT2D eigenvalue weighted by Crippen LogP contribution is 2.43. The van der Waals surface area contributed by atoms with Crippen molar-refractivity contribution in [2.45, 2.75) is 18.9 Å². The summed E-state index contributed by atoms with van der Waals surface area (Å²) in [6.45, 7) is 0.905. The van der Waals surface area contributed by atoms with E-state index in [1.165, 1.54) is 9.87 Å². The highest BCUT2D eigenvalue weighted by Gasteiger charge is 2.33. The lowest BCUT2D eigenvalue weighted by Crippen LogP contribution is -2.41. The Labute approximate surface area is 187 Å². The van der Waals surface area contributed by atoms with E-state index in [1.807, 2.05) is 72.8 Å². The van der Waals surface area contributed by atoms with Crippen LogP contribution in [0.1, 0.15) is 28.2 Å². The highest BCUT2D eigenvalue weighted by atomic mass is 32.2. The van der Waals surface area contributed by atoms with Gasteiger partial charge in [-0.15, -0.1) is 0 Å². The van der Waals surface area contributed by atoms with Gasteiger partial charge in [0.25, 0.3) is 0 Å². The summed E-state index contributed by atoms with van der Waals surface area (Å²) >= 11 is 0. The van der Waals surface area contributed by atoms with Crippen molar-refractivity contribution in [3.8, 4) is 11.5 Å². The maximum absolute atomic E-state index is 13.2. The molecule has 0 spiro atoms. The van der Waals surface area contributed by atoms with Gasteiger partial charge in [0, 0.05) is 30.8 Å². The number of sulfonamides is 1. The molecule has 0 saturated heterocycles. The molecule has 2 aliphatic heterocycles. The fraction of sp³-hybridized carbons (Fsp3) is 0.240. The second kappa shape index (κ2) is 8.41. The molecule has 0 atom stereocenters. The van der Waals surface area contributed by atoms with Crippen molar-refractivity contribution >= 4 is 15.9 Å². The molecule has 0 unspecified atom stereocenters. The quantitative estimate of drug-likeness (QED) is 0.649. The molecule has 1 amide bonds. The summed E-state index contributed by atoms with van der Waals surface area (Å²) in [7, 11) is -3.48. The van der Waals surface area contributed by atoms with Gasteiger partial charge in [-0.05, 0) is 29.7 Å². The molecular formula is C25H24N2O4S. The first-order chi connectivity index (χ1) is 15.5. The number of nitrogens with one attached hydrogen (secondary N) is 1. The van der Waals surface area contributed by atoms with Gasteiger partial charge in [0.1, 0.15) is 11.5 Å². The number of rotatable bonds is 5. The van der Waals surface area contributed by atoms with E-state index in [4.69, 9.17) is 4.74 Å². The number of hydrogen-bond donors (Lipinski definition) is 1. The average molecular weight is 449 g/mol. The molecule has 2 heterocycles. The number of ether oxygens (including phenoxy) is 1. The van der Waals surface area contributed by atoms with Crippen LogP contribution < -0.4 is 10.1 Å². The molecular weight excluding hydrogens is 424 g/mol. The number of amides is 1. The van der Waals surface area contributed by atoms with Crippen molar-refractivity contribution in [1.29, 1.82) is 0 Å². The van der Waals surface area contributed by atoms with Gasteiger partial charge in [0.15, 0.2) is 0 Å². The Hall–Kier alpha value is -3.16. The second-order valence-electron chi connectivity index (χ2n) is 8.07. The van der Waals surface area contributed by atoms with Crippen LogP contribution in [0, 0.1) is 0 Å². The van der Waals surface area contributed by atoms with Crippen LogP contribution in [0.25, 0.3) is 0 Å². The second-order valence-corrected chi connectivity index (χ2v) is 10.2. The molecule has 2 aliphatic rings. The van der Waals surface area contributed by atoms with Gasteiger partial charge in [0.05, 0.1) is 11.7 Å². The first-order valence-electron chi connectivity index (χ1n) is 10.7. The Morgan fingerprint density at radius 3 is 2.19 bits per heavy atom. The summed E-state index contributed by atoms with van der Waals surface area (Å²) < 4.78 is 33.3. The molecule has 0 fully saturated rings. The van der Waals surface area contributed by atoms with Crippen LogP contribution >= 0.6 is 0 Å². The van der Waals surface area contributed by atoms with E-state index in [1.54, 1.807) is 0 Å². The van der Waals surface area contributed by atoms with Crippen LogP contribution in [0.5, 0.6) is 11.5 Å². The molecule has 0 bridgehead atoms. The molecule has 6 nitrogen and oxygen atoms in total. The molecule has 164 valence electrons. The molecule has 3 aromatic carbocycles. The smallest absolute Gasteiger partial charge is 0.232 e. The summed E-state index contributed by atoms with van der Waals surface area (Å²) in [6.07, 6.45) is 0.706. The largest absolute Gasteiger partial charge is 0.457 e. The van der Waals surface area contributed by atoms with Gasteiger partial charge in [-0.3, -0.25) is 4.79 Å². The third-order valence-electron chi connectivity index (χ3n) is 6.09. The molecule has 7 heteroatoms. The number of hydrogen-bond acceptors (Lipinski definition) is 4. The zero-order chi connectivity index (χ0) is 22.1. The van der Waals surface area contributed by atoms with Crippen molar-refractivity contribution in [2.75, 3.05) is 18.8 Å². The molecule has 32 heavy (non-hydrogen) atoms. The lowest BCUT2D eigenvalue weighted by atomic mass is 9.87. The van der Waals surface area contributed by atoms with Crippen molar-refractivity contribution < 1.29 is 17.9 Å². The third-order valence-corrected chi connectivity index (χ3v) is 7.91. The standard InChI is InChI=1S/C25H24N2O4S/c28-25(24-20-9-3-5-11-22(20)31-23-12-6-4-10-21(23)24)26-14-16-32(29,30)27-15-13-18-7-1-2-8-19(18)17-27/h1-12,24H,13-17H2,(H,26,28). The molecule has 0 radical (unpaired) electrons. The van der Waals surface area contributed by atoms with E-state index in [0.29, 0.717) is 31.0 Å². The minimum Gasteiger partial charge on any atom is -0.457 e. The number of nitrogens with zero attached hydrogens (tertiary/aromatic N) is 1. The third kappa shape index (κ3) is 3.89. The Morgan fingerprint density at radius 1 is 0.906 bits per heavy atom. The summed E-state index contributed by atoms with van der Waals surface area (Å²) in [5, 5.41) is 2.85. The predicted octanol–water partition coefficient (Wildman–Crippen LogP) is 3.43. The van der Waals surface area contributed by atoms with Gasteiger partial charge in [-0.2, -0.15) is 4.31 Å². The monoisotopic (exact) mass is 448 g/mol. The lowest BCUT2D eigenvalue weighted by molar-refractivity contribution is -0.121. The Bertz CT molecular complexity index is 1230. The van der Waals surface area contributed by atoms with Gasteiger partial charge in [-0.25, -0.2) is 8.42 Å². The number of benzene rings is 3. The zero-order valence-corrected chi connectivity index (χ0v) is 18.3. The SMILES string of the molecule is O=C(NCCS(=O)(=O)N1CCc2ccccc2C1)C1c2ccccc2Oc2ccccc21. The molecule has 3 aromatic rings. The van der Waals surface area contributed by atoms with E-state index in [9.17, 15) is 13.2 Å². The van der Waals surface area contributed by atoms with E-state index in [0.717, 1.165) is 16.7 Å². The van der Waals surface area contributed by atoms with Crippen molar-refractivity contribution in [3.63, 3.8) is 0 Å². The van der Waals surface area contributed by atoms with E-state index >= 15 is 0 Å². The fourth-order valence-electron chi connectivity index (χ4n) is 4.43. The number of carbonyl (C=O) groups excluding carboxylic acids is 1. The van der Waals surface area contributed by atoms with Gasteiger partial charge < -0.3 is 10.1 Å². The van der Waals surface area contributed by atoms with Gasteiger partial charge >= 0.3 is 0 Å². The Kier molecular flexibility index (Phi) is 5.45.